The van der Waals surface area contributed by atoms with Crippen LogP contribution in [-0.4, -0.2) is 13.0 Å². The van der Waals surface area contributed by atoms with E-state index in [4.69, 9.17) is 10.5 Å². The average molecular weight is 259 g/mol. The number of hydrogen-bond donors (Lipinski definition) is 1. The lowest BCUT2D eigenvalue weighted by molar-refractivity contribution is 0.1000. The highest BCUT2D eigenvalue weighted by atomic mass is 32.2. The van der Waals surface area contributed by atoms with Crippen LogP contribution in [0.2, 0.25) is 0 Å². The number of primary amides is 1. The van der Waals surface area contributed by atoms with Crippen LogP contribution in [-0.2, 0) is 0 Å². The fraction of sp³-hybridized carbons (Fsp3) is 0.0714. The topological polar surface area (TPSA) is 52.3 Å². The molecule has 4 heteroatoms. The highest BCUT2D eigenvalue weighted by molar-refractivity contribution is 7.99. The Balaban J connectivity index is 2.10. The van der Waals surface area contributed by atoms with Crippen molar-refractivity contribution in [3.63, 3.8) is 0 Å². The van der Waals surface area contributed by atoms with Gasteiger partial charge in [-0.1, -0.05) is 11.8 Å². The number of hydrogen-bond acceptors (Lipinski definition) is 3. The van der Waals surface area contributed by atoms with Gasteiger partial charge in [0, 0.05) is 15.4 Å². The molecule has 0 saturated carbocycles. The minimum atomic E-state index is -0.406. The van der Waals surface area contributed by atoms with Crippen molar-refractivity contribution in [2.75, 3.05) is 7.11 Å². The molecule has 1 amide bonds. The Morgan fingerprint density at radius 1 is 1.00 bits per heavy atom. The number of carbonyl (C=O) groups is 1. The monoisotopic (exact) mass is 259 g/mol. The van der Waals surface area contributed by atoms with Crippen LogP contribution >= 0.6 is 11.8 Å². The fourth-order valence-corrected chi connectivity index (χ4v) is 2.28. The van der Waals surface area contributed by atoms with Gasteiger partial charge >= 0.3 is 0 Å². The van der Waals surface area contributed by atoms with Gasteiger partial charge in [-0.25, -0.2) is 0 Å². The fourth-order valence-electron chi connectivity index (χ4n) is 1.47. The first-order chi connectivity index (χ1) is 8.69. The number of nitrogens with two attached hydrogens (primary N) is 1. The summed E-state index contributed by atoms with van der Waals surface area (Å²) in [7, 11) is 1.64. The number of methoxy groups -OCH3 is 1. The Kier molecular flexibility index (Phi) is 3.89. The molecule has 0 spiro atoms. The molecule has 18 heavy (non-hydrogen) atoms. The highest BCUT2D eigenvalue weighted by Gasteiger charge is 2.01. The smallest absolute Gasteiger partial charge is 0.248 e. The maximum atomic E-state index is 10.9. The van der Waals surface area contributed by atoms with Crippen LogP contribution in [0.4, 0.5) is 0 Å². The largest absolute Gasteiger partial charge is 0.497 e. The second-order valence-corrected chi connectivity index (χ2v) is 4.81. The van der Waals surface area contributed by atoms with E-state index in [0.717, 1.165) is 15.5 Å². The summed E-state index contributed by atoms with van der Waals surface area (Å²) in [6.07, 6.45) is 0. The molecule has 2 aromatic carbocycles. The third-order valence-electron chi connectivity index (χ3n) is 2.43. The van der Waals surface area contributed by atoms with E-state index in [2.05, 4.69) is 0 Å². The van der Waals surface area contributed by atoms with E-state index in [1.165, 1.54) is 0 Å². The summed E-state index contributed by atoms with van der Waals surface area (Å²) in [6.45, 7) is 0. The number of benzene rings is 2. The lowest BCUT2D eigenvalue weighted by atomic mass is 10.2. The third-order valence-corrected chi connectivity index (χ3v) is 3.45. The summed E-state index contributed by atoms with van der Waals surface area (Å²) < 4.78 is 5.10. The Morgan fingerprint density at radius 2 is 1.50 bits per heavy atom. The lowest BCUT2D eigenvalue weighted by Gasteiger charge is -2.04. The summed E-state index contributed by atoms with van der Waals surface area (Å²) in [5, 5.41) is 0. The van der Waals surface area contributed by atoms with E-state index in [0.29, 0.717) is 5.56 Å². The van der Waals surface area contributed by atoms with Gasteiger partial charge in [-0.15, -0.1) is 0 Å². The Labute approximate surface area is 110 Å². The van der Waals surface area contributed by atoms with Crippen molar-refractivity contribution < 1.29 is 9.53 Å². The van der Waals surface area contributed by atoms with Gasteiger partial charge in [0.1, 0.15) is 5.75 Å². The maximum absolute atomic E-state index is 10.9. The summed E-state index contributed by atoms with van der Waals surface area (Å²) in [4.78, 5) is 13.1. The van der Waals surface area contributed by atoms with Crippen molar-refractivity contribution in [3.05, 3.63) is 54.1 Å². The summed E-state index contributed by atoms with van der Waals surface area (Å²) in [5.74, 6) is 0.430. The maximum Gasteiger partial charge on any atom is 0.248 e. The molecule has 0 radical (unpaired) electrons. The Bertz CT molecular complexity index is 535. The third kappa shape index (κ3) is 3.05. The number of ether oxygens (including phenoxy) is 1. The van der Waals surface area contributed by atoms with Crippen LogP contribution in [0.15, 0.2) is 58.3 Å². The summed E-state index contributed by atoms with van der Waals surface area (Å²) >= 11 is 1.62. The van der Waals surface area contributed by atoms with Gasteiger partial charge in [0.15, 0.2) is 0 Å². The van der Waals surface area contributed by atoms with Crippen LogP contribution in [0.1, 0.15) is 10.4 Å². The van der Waals surface area contributed by atoms with Gasteiger partial charge in [-0.2, -0.15) is 0 Å². The van der Waals surface area contributed by atoms with Crippen molar-refractivity contribution in [3.8, 4) is 5.75 Å². The van der Waals surface area contributed by atoms with Crippen molar-refractivity contribution in [1.82, 2.24) is 0 Å². The molecule has 92 valence electrons. The molecule has 3 nitrogen and oxygen atoms in total. The Morgan fingerprint density at radius 3 is 1.94 bits per heavy atom. The molecule has 0 fully saturated rings. The van der Waals surface area contributed by atoms with Crippen LogP contribution in [0.25, 0.3) is 0 Å². The second-order valence-electron chi connectivity index (χ2n) is 3.67. The predicted octanol–water partition coefficient (Wildman–Crippen LogP) is 2.95. The molecular formula is C14H13NO2S. The predicted molar refractivity (Wildman–Crippen MR) is 72.1 cm³/mol. The van der Waals surface area contributed by atoms with Crippen LogP contribution in [0, 0.1) is 0 Å². The zero-order valence-electron chi connectivity index (χ0n) is 9.92. The van der Waals surface area contributed by atoms with Gasteiger partial charge in [-0.3, -0.25) is 4.79 Å². The summed E-state index contributed by atoms with van der Waals surface area (Å²) in [6, 6.07) is 15.0. The molecule has 2 N–H and O–H groups in total. The van der Waals surface area contributed by atoms with Crippen LogP contribution in [0.3, 0.4) is 0 Å². The molecule has 0 aliphatic carbocycles. The zero-order valence-corrected chi connectivity index (χ0v) is 10.7. The lowest BCUT2D eigenvalue weighted by Crippen LogP contribution is -2.10. The van der Waals surface area contributed by atoms with Gasteiger partial charge in [0.25, 0.3) is 0 Å². The highest BCUT2D eigenvalue weighted by Crippen LogP contribution is 2.28. The van der Waals surface area contributed by atoms with Gasteiger partial charge in [-0.05, 0) is 48.5 Å². The Hall–Kier alpha value is -1.94. The number of rotatable bonds is 4. The zero-order chi connectivity index (χ0) is 13.0. The quantitative estimate of drug-likeness (QED) is 0.918. The van der Waals surface area contributed by atoms with Crippen molar-refractivity contribution >= 4 is 17.7 Å². The SMILES string of the molecule is COc1ccc(Sc2ccc(C(N)=O)cc2)cc1. The molecule has 0 aliphatic rings. The minimum Gasteiger partial charge on any atom is -0.497 e. The van der Waals surface area contributed by atoms with E-state index in [-0.39, 0.29) is 0 Å². The second kappa shape index (κ2) is 5.60. The van der Waals surface area contributed by atoms with Gasteiger partial charge < -0.3 is 10.5 Å². The molecule has 2 aromatic rings. The van der Waals surface area contributed by atoms with E-state index in [9.17, 15) is 4.79 Å². The molecule has 0 saturated heterocycles. The molecular weight excluding hydrogens is 246 g/mol. The average Bonchev–Trinajstić information content (AvgIpc) is 2.40. The molecule has 0 bridgehead atoms. The normalized spacial score (nSPS) is 10.1. The molecule has 0 aromatic heterocycles. The molecule has 0 heterocycles. The first-order valence-corrected chi connectivity index (χ1v) is 6.22. The number of carbonyl (C=O) groups excluding carboxylic acids is 1. The van der Waals surface area contributed by atoms with E-state index in [1.807, 2.05) is 36.4 Å². The van der Waals surface area contributed by atoms with Crippen molar-refractivity contribution in [1.29, 1.82) is 0 Å². The first-order valence-electron chi connectivity index (χ1n) is 5.41. The van der Waals surface area contributed by atoms with Crippen LogP contribution in [0.5, 0.6) is 5.75 Å². The molecule has 0 atom stereocenters. The van der Waals surface area contributed by atoms with E-state index in [1.54, 1.807) is 31.0 Å². The van der Waals surface area contributed by atoms with Gasteiger partial charge in [0.2, 0.25) is 5.91 Å². The van der Waals surface area contributed by atoms with E-state index >= 15 is 0 Å². The van der Waals surface area contributed by atoms with Crippen molar-refractivity contribution in [2.45, 2.75) is 9.79 Å². The van der Waals surface area contributed by atoms with E-state index < -0.39 is 5.91 Å². The standard InChI is InChI=1S/C14H13NO2S/c1-17-11-4-8-13(9-5-11)18-12-6-2-10(3-7-12)14(15)16/h2-9H,1H3,(H2,15,16). The number of amides is 1. The summed E-state index contributed by atoms with van der Waals surface area (Å²) in [5.41, 5.74) is 5.71. The van der Waals surface area contributed by atoms with Crippen LogP contribution < -0.4 is 10.5 Å². The molecule has 0 unspecified atom stereocenters. The molecule has 0 aliphatic heterocycles. The van der Waals surface area contributed by atoms with Gasteiger partial charge in [0.05, 0.1) is 7.11 Å². The molecule has 2 rings (SSSR count). The first kappa shape index (κ1) is 12.5. The minimum absolute atomic E-state index is 0.406. The van der Waals surface area contributed by atoms with Crippen molar-refractivity contribution in [2.24, 2.45) is 5.73 Å².